The average molecular weight is 299 g/mol. The average Bonchev–Trinajstić information content (AvgIpc) is 2.45. The minimum atomic E-state index is -0.0430. The molecule has 1 unspecified atom stereocenters. The van der Waals surface area contributed by atoms with Crippen LogP contribution < -0.4 is 10.6 Å². The summed E-state index contributed by atoms with van der Waals surface area (Å²) in [5.41, 5.74) is 0. The van der Waals surface area contributed by atoms with Crippen molar-refractivity contribution in [3.8, 4) is 0 Å². The molecule has 2 N–H and O–H groups in total. The minimum absolute atomic E-state index is 0.0357. The Balaban J connectivity index is 2.12. The third kappa shape index (κ3) is 7.90. The molecule has 21 heavy (non-hydrogen) atoms. The first-order valence-corrected chi connectivity index (χ1v) is 8.01. The summed E-state index contributed by atoms with van der Waals surface area (Å²) in [4.78, 5) is 24.9. The molecule has 0 bridgehead atoms. The van der Waals surface area contributed by atoms with Gasteiger partial charge in [-0.05, 0) is 25.7 Å². The fourth-order valence-corrected chi connectivity index (χ4v) is 2.40. The maximum Gasteiger partial charge on any atom is 0.317 e. The highest BCUT2D eigenvalue weighted by Gasteiger charge is 2.23. The van der Waals surface area contributed by atoms with Crippen molar-refractivity contribution in [2.45, 2.75) is 52.0 Å². The summed E-state index contributed by atoms with van der Waals surface area (Å²) in [7, 11) is 0. The summed E-state index contributed by atoms with van der Waals surface area (Å²) in [6.45, 7) is 7.12. The highest BCUT2D eigenvalue weighted by atomic mass is 16.5. The number of hydrogen-bond acceptors (Lipinski definition) is 3. The van der Waals surface area contributed by atoms with E-state index >= 15 is 0 Å². The standard InChI is InChI=1S/C15H29N3O3/c1-3-4-10-21-11-6-8-16-15(20)18-9-5-7-14(12-18)17-13(2)19/h14H,3-12H2,1-2H3,(H,16,20)(H,17,19). The Morgan fingerprint density at radius 3 is 2.76 bits per heavy atom. The number of nitrogens with zero attached hydrogens (tertiary/aromatic N) is 1. The van der Waals surface area contributed by atoms with Gasteiger partial charge in [-0.1, -0.05) is 13.3 Å². The Hall–Kier alpha value is -1.30. The van der Waals surface area contributed by atoms with Crippen molar-refractivity contribution < 1.29 is 14.3 Å². The molecule has 122 valence electrons. The van der Waals surface area contributed by atoms with Gasteiger partial charge in [-0.2, -0.15) is 0 Å². The van der Waals surface area contributed by atoms with E-state index in [0.29, 0.717) is 19.7 Å². The Bertz CT molecular complexity index is 323. The predicted molar refractivity (Wildman–Crippen MR) is 82.2 cm³/mol. The molecule has 1 heterocycles. The van der Waals surface area contributed by atoms with Crippen LogP contribution in [0.25, 0.3) is 0 Å². The molecule has 1 aliphatic rings. The Morgan fingerprint density at radius 1 is 1.29 bits per heavy atom. The maximum atomic E-state index is 12.0. The van der Waals surface area contributed by atoms with Crippen LogP contribution in [0, 0.1) is 0 Å². The quantitative estimate of drug-likeness (QED) is 0.667. The van der Waals surface area contributed by atoms with Gasteiger partial charge in [0.25, 0.3) is 0 Å². The monoisotopic (exact) mass is 299 g/mol. The second kappa shape index (κ2) is 10.4. The lowest BCUT2D eigenvalue weighted by molar-refractivity contribution is -0.119. The van der Waals surface area contributed by atoms with Crippen molar-refractivity contribution >= 4 is 11.9 Å². The fourth-order valence-electron chi connectivity index (χ4n) is 2.40. The van der Waals surface area contributed by atoms with E-state index in [2.05, 4.69) is 17.6 Å². The van der Waals surface area contributed by atoms with Gasteiger partial charge >= 0.3 is 6.03 Å². The molecule has 3 amide bonds. The number of ether oxygens (including phenoxy) is 1. The number of amides is 3. The zero-order valence-corrected chi connectivity index (χ0v) is 13.3. The molecule has 6 nitrogen and oxygen atoms in total. The highest BCUT2D eigenvalue weighted by molar-refractivity contribution is 5.75. The molecule has 0 aliphatic carbocycles. The Kier molecular flexibility index (Phi) is 8.82. The molecule has 1 aliphatic heterocycles. The fraction of sp³-hybridized carbons (Fsp3) is 0.867. The van der Waals surface area contributed by atoms with Crippen LogP contribution in [0.15, 0.2) is 0 Å². The van der Waals surface area contributed by atoms with Crippen molar-refractivity contribution in [1.82, 2.24) is 15.5 Å². The van der Waals surface area contributed by atoms with E-state index in [1.165, 1.54) is 6.92 Å². The molecule has 0 aromatic heterocycles. The van der Waals surface area contributed by atoms with E-state index in [0.717, 1.165) is 45.3 Å². The predicted octanol–water partition coefficient (Wildman–Crippen LogP) is 1.50. The number of likely N-dealkylation sites (tertiary alicyclic amines) is 1. The van der Waals surface area contributed by atoms with Gasteiger partial charge < -0.3 is 20.3 Å². The van der Waals surface area contributed by atoms with E-state index in [1.54, 1.807) is 4.90 Å². The highest BCUT2D eigenvalue weighted by Crippen LogP contribution is 2.10. The van der Waals surface area contributed by atoms with Gasteiger partial charge in [-0.25, -0.2) is 4.79 Å². The molecule has 0 radical (unpaired) electrons. The normalized spacial score (nSPS) is 18.4. The van der Waals surface area contributed by atoms with Gasteiger partial charge in [0, 0.05) is 45.8 Å². The van der Waals surface area contributed by atoms with E-state index in [-0.39, 0.29) is 18.0 Å². The second-order valence-electron chi connectivity index (χ2n) is 5.54. The van der Waals surface area contributed by atoms with Crippen molar-refractivity contribution in [2.24, 2.45) is 0 Å². The third-order valence-electron chi connectivity index (χ3n) is 3.50. The number of hydrogen-bond donors (Lipinski definition) is 2. The van der Waals surface area contributed by atoms with Crippen molar-refractivity contribution in [1.29, 1.82) is 0 Å². The number of carbonyl (C=O) groups is 2. The van der Waals surface area contributed by atoms with Gasteiger partial charge in [0.2, 0.25) is 5.91 Å². The topological polar surface area (TPSA) is 70.7 Å². The van der Waals surface area contributed by atoms with Crippen LogP contribution in [0.2, 0.25) is 0 Å². The zero-order valence-electron chi connectivity index (χ0n) is 13.3. The van der Waals surface area contributed by atoms with Gasteiger partial charge in [-0.15, -0.1) is 0 Å². The van der Waals surface area contributed by atoms with Crippen LogP contribution in [0.5, 0.6) is 0 Å². The third-order valence-corrected chi connectivity index (χ3v) is 3.50. The lowest BCUT2D eigenvalue weighted by Gasteiger charge is -2.33. The van der Waals surface area contributed by atoms with Crippen LogP contribution in [0.4, 0.5) is 4.79 Å². The Labute approximate surface area is 127 Å². The molecule has 0 spiro atoms. The molecule has 0 saturated carbocycles. The van der Waals surface area contributed by atoms with E-state index in [9.17, 15) is 9.59 Å². The molecular formula is C15H29N3O3. The largest absolute Gasteiger partial charge is 0.381 e. The summed E-state index contributed by atoms with van der Waals surface area (Å²) in [5, 5.41) is 5.79. The van der Waals surface area contributed by atoms with Gasteiger partial charge in [0.1, 0.15) is 0 Å². The van der Waals surface area contributed by atoms with Gasteiger partial charge in [0.05, 0.1) is 0 Å². The smallest absolute Gasteiger partial charge is 0.317 e. The molecule has 1 rings (SSSR count). The van der Waals surface area contributed by atoms with E-state index in [1.807, 2.05) is 0 Å². The minimum Gasteiger partial charge on any atom is -0.381 e. The van der Waals surface area contributed by atoms with Crippen molar-refractivity contribution in [3.63, 3.8) is 0 Å². The van der Waals surface area contributed by atoms with Crippen LogP contribution in [-0.4, -0.2) is 55.7 Å². The van der Waals surface area contributed by atoms with Crippen LogP contribution in [-0.2, 0) is 9.53 Å². The molecule has 0 aromatic carbocycles. The van der Waals surface area contributed by atoms with Crippen molar-refractivity contribution in [3.05, 3.63) is 0 Å². The molecular weight excluding hydrogens is 270 g/mol. The molecule has 0 aromatic rings. The first kappa shape index (κ1) is 17.8. The molecule has 1 fully saturated rings. The van der Waals surface area contributed by atoms with Gasteiger partial charge in [0.15, 0.2) is 0 Å². The number of nitrogens with one attached hydrogen (secondary N) is 2. The first-order chi connectivity index (χ1) is 10.1. The maximum absolute atomic E-state index is 12.0. The summed E-state index contributed by atoms with van der Waals surface area (Å²) >= 11 is 0. The van der Waals surface area contributed by atoms with Crippen LogP contribution in [0.1, 0.15) is 46.0 Å². The lowest BCUT2D eigenvalue weighted by atomic mass is 10.1. The summed E-state index contributed by atoms with van der Waals surface area (Å²) in [6.07, 6.45) is 4.93. The Morgan fingerprint density at radius 2 is 2.05 bits per heavy atom. The number of piperidine rings is 1. The molecule has 1 atom stereocenters. The zero-order chi connectivity index (χ0) is 15.5. The lowest BCUT2D eigenvalue weighted by Crippen LogP contribution is -2.52. The number of carbonyl (C=O) groups excluding carboxylic acids is 2. The van der Waals surface area contributed by atoms with Crippen LogP contribution in [0.3, 0.4) is 0 Å². The number of urea groups is 1. The summed E-state index contributed by atoms with van der Waals surface area (Å²) in [6, 6.07) is 0.0398. The summed E-state index contributed by atoms with van der Waals surface area (Å²) < 4.78 is 5.45. The van der Waals surface area contributed by atoms with Gasteiger partial charge in [-0.3, -0.25) is 4.79 Å². The van der Waals surface area contributed by atoms with E-state index < -0.39 is 0 Å². The van der Waals surface area contributed by atoms with Crippen LogP contribution >= 0.6 is 0 Å². The van der Waals surface area contributed by atoms with E-state index in [4.69, 9.17) is 4.74 Å². The SMILES string of the molecule is CCCCOCCCNC(=O)N1CCCC(NC(C)=O)C1. The second-order valence-corrected chi connectivity index (χ2v) is 5.54. The first-order valence-electron chi connectivity index (χ1n) is 8.01. The molecule has 1 saturated heterocycles. The summed E-state index contributed by atoms with van der Waals surface area (Å²) in [5.74, 6) is -0.0357. The van der Waals surface area contributed by atoms with Crippen molar-refractivity contribution in [2.75, 3.05) is 32.8 Å². The molecule has 6 heteroatoms. The number of rotatable bonds is 8. The number of unbranched alkanes of at least 4 members (excludes halogenated alkanes) is 1.